The first-order valence-electron chi connectivity index (χ1n) is 5.41. The van der Waals surface area contributed by atoms with Crippen molar-refractivity contribution in [1.29, 1.82) is 5.26 Å². The number of aromatic nitrogens is 2. The van der Waals surface area contributed by atoms with Crippen molar-refractivity contribution in [3.8, 4) is 6.07 Å². The summed E-state index contributed by atoms with van der Waals surface area (Å²) in [5, 5.41) is 13.5. The summed E-state index contributed by atoms with van der Waals surface area (Å²) in [5.74, 6) is -0.405. The fourth-order valence-electron chi connectivity index (χ4n) is 1.74. The molecule has 18 heavy (non-hydrogen) atoms. The van der Waals surface area contributed by atoms with Crippen LogP contribution in [0.2, 0.25) is 5.02 Å². The summed E-state index contributed by atoms with van der Waals surface area (Å²) in [4.78, 5) is 0. The molecule has 1 aromatic heterocycles. The van der Waals surface area contributed by atoms with Gasteiger partial charge in [0.05, 0.1) is 34.6 Å². The molecular weight excluding hydrogens is 253 g/mol. The zero-order valence-electron chi connectivity index (χ0n) is 10.0. The summed E-state index contributed by atoms with van der Waals surface area (Å²) in [6, 6.07) is 6.31. The van der Waals surface area contributed by atoms with Crippen LogP contribution in [-0.4, -0.2) is 9.78 Å². The van der Waals surface area contributed by atoms with E-state index >= 15 is 0 Å². The van der Waals surface area contributed by atoms with Crippen molar-refractivity contribution >= 4 is 11.6 Å². The van der Waals surface area contributed by atoms with Crippen molar-refractivity contribution in [1.82, 2.24) is 9.78 Å². The van der Waals surface area contributed by atoms with Crippen LogP contribution in [0, 0.1) is 31.0 Å². The van der Waals surface area contributed by atoms with Gasteiger partial charge in [-0.3, -0.25) is 4.68 Å². The standard InChI is InChI=1S/C13H11ClFN3/c1-8-13(14)9(2)18(17-8)7-11-4-3-10(6-16)5-12(11)15/h3-5H,7H2,1-2H3. The fraction of sp³-hybridized carbons (Fsp3) is 0.231. The Morgan fingerprint density at radius 3 is 2.67 bits per heavy atom. The van der Waals surface area contributed by atoms with Gasteiger partial charge >= 0.3 is 0 Å². The fourth-order valence-corrected chi connectivity index (χ4v) is 1.87. The number of nitriles is 1. The molecule has 0 aliphatic heterocycles. The van der Waals surface area contributed by atoms with Gasteiger partial charge in [-0.1, -0.05) is 17.7 Å². The maximum atomic E-state index is 13.7. The van der Waals surface area contributed by atoms with Crippen LogP contribution in [0.15, 0.2) is 18.2 Å². The molecule has 1 aromatic carbocycles. The third-order valence-corrected chi connectivity index (χ3v) is 3.34. The Bertz CT molecular complexity index is 640. The van der Waals surface area contributed by atoms with E-state index in [1.807, 2.05) is 13.0 Å². The van der Waals surface area contributed by atoms with Crippen molar-refractivity contribution in [2.24, 2.45) is 0 Å². The number of rotatable bonds is 2. The summed E-state index contributed by atoms with van der Waals surface area (Å²) in [7, 11) is 0. The number of hydrogen-bond acceptors (Lipinski definition) is 2. The first-order chi connectivity index (χ1) is 8.52. The number of benzene rings is 1. The van der Waals surface area contributed by atoms with Crippen molar-refractivity contribution in [3.63, 3.8) is 0 Å². The van der Waals surface area contributed by atoms with E-state index in [1.54, 1.807) is 23.7 Å². The summed E-state index contributed by atoms with van der Waals surface area (Å²) in [5.41, 5.74) is 2.32. The van der Waals surface area contributed by atoms with Crippen LogP contribution in [0.5, 0.6) is 0 Å². The minimum atomic E-state index is -0.405. The van der Waals surface area contributed by atoms with E-state index in [0.29, 0.717) is 22.7 Å². The predicted octanol–water partition coefficient (Wildman–Crippen LogP) is 3.21. The van der Waals surface area contributed by atoms with Crippen LogP contribution in [-0.2, 0) is 6.54 Å². The SMILES string of the molecule is Cc1nn(Cc2ccc(C#N)cc2F)c(C)c1Cl. The van der Waals surface area contributed by atoms with Crippen LogP contribution >= 0.6 is 11.6 Å². The van der Waals surface area contributed by atoms with E-state index < -0.39 is 5.82 Å². The van der Waals surface area contributed by atoms with Gasteiger partial charge in [0.1, 0.15) is 5.82 Å². The molecule has 0 aliphatic carbocycles. The largest absolute Gasteiger partial charge is 0.264 e. The predicted molar refractivity (Wildman–Crippen MR) is 66.9 cm³/mol. The second-order valence-electron chi connectivity index (χ2n) is 4.06. The smallest absolute Gasteiger partial charge is 0.129 e. The average Bonchev–Trinajstić information content (AvgIpc) is 2.59. The number of halogens is 2. The van der Waals surface area contributed by atoms with Crippen molar-refractivity contribution in [2.45, 2.75) is 20.4 Å². The monoisotopic (exact) mass is 263 g/mol. The molecule has 0 atom stereocenters. The molecule has 5 heteroatoms. The van der Waals surface area contributed by atoms with Crippen LogP contribution < -0.4 is 0 Å². The molecule has 3 nitrogen and oxygen atoms in total. The van der Waals surface area contributed by atoms with Gasteiger partial charge in [0.2, 0.25) is 0 Å². The lowest BCUT2D eigenvalue weighted by atomic mass is 10.1. The molecule has 0 amide bonds. The normalized spacial score (nSPS) is 10.4. The van der Waals surface area contributed by atoms with Gasteiger partial charge in [-0.2, -0.15) is 10.4 Å². The third-order valence-electron chi connectivity index (χ3n) is 2.80. The molecule has 0 fully saturated rings. The highest BCUT2D eigenvalue weighted by Crippen LogP contribution is 2.20. The van der Waals surface area contributed by atoms with E-state index in [2.05, 4.69) is 5.10 Å². The van der Waals surface area contributed by atoms with Crippen molar-refractivity contribution in [3.05, 3.63) is 51.6 Å². The number of hydrogen-bond donors (Lipinski definition) is 0. The van der Waals surface area contributed by atoms with E-state index in [1.165, 1.54) is 6.07 Å². The lowest BCUT2D eigenvalue weighted by Crippen LogP contribution is -2.06. The molecule has 2 aromatic rings. The molecule has 0 radical (unpaired) electrons. The Kier molecular flexibility index (Phi) is 3.35. The second kappa shape index (κ2) is 4.79. The number of aryl methyl sites for hydroxylation is 1. The molecule has 0 aliphatic rings. The third kappa shape index (κ3) is 2.22. The first-order valence-corrected chi connectivity index (χ1v) is 5.78. The van der Waals surface area contributed by atoms with Gasteiger partial charge in [-0.05, 0) is 26.0 Å². The molecule has 0 N–H and O–H groups in total. The lowest BCUT2D eigenvalue weighted by Gasteiger charge is -2.06. The van der Waals surface area contributed by atoms with E-state index in [-0.39, 0.29) is 0 Å². The molecule has 0 saturated heterocycles. The van der Waals surface area contributed by atoms with Gasteiger partial charge in [-0.15, -0.1) is 0 Å². The topological polar surface area (TPSA) is 41.6 Å². The molecule has 1 heterocycles. The van der Waals surface area contributed by atoms with Crippen molar-refractivity contribution < 1.29 is 4.39 Å². The van der Waals surface area contributed by atoms with Crippen LogP contribution in [0.4, 0.5) is 4.39 Å². The summed E-state index contributed by atoms with van der Waals surface area (Å²) < 4.78 is 15.4. The zero-order valence-corrected chi connectivity index (χ0v) is 10.8. The number of nitrogens with zero attached hydrogens (tertiary/aromatic N) is 3. The summed E-state index contributed by atoms with van der Waals surface area (Å²) in [6.45, 7) is 3.95. The van der Waals surface area contributed by atoms with Gasteiger partial charge in [0.25, 0.3) is 0 Å². The molecule has 2 rings (SSSR count). The Morgan fingerprint density at radius 1 is 1.44 bits per heavy atom. The van der Waals surface area contributed by atoms with Gasteiger partial charge in [0, 0.05) is 5.56 Å². The molecule has 92 valence electrons. The van der Waals surface area contributed by atoms with Gasteiger partial charge in [0.15, 0.2) is 0 Å². The highest BCUT2D eigenvalue weighted by atomic mass is 35.5. The van der Waals surface area contributed by atoms with Gasteiger partial charge < -0.3 is 0 Å². The van der Waals surface area contributed by atoms with E-state index in [0.717, 1.165) is 11.4 Å². The highest BCUT2D eigenvalue weighted by Gasteiger charge is 2.11. The van der Waals surface area contributed by atoms with Crippen molar-refractivity contribution in [2.75, 3.05) is 0 Å². The van der Waals surface area contributed by atoms with E-state index in [9.17, 15) is 4.39 Å². The highest BCUT2D eigenvalue weighted by molar-refractivity contribution is 6.31. The summed E-state index contributed by atoms with van der Waals surface area (Å²) >= 11 is 6.03. The molecule has 0 saturated carbocycles. The molecule has 0 bridgehead atoms. The second-order valence-corrected chi connectivity index (χ2v) is 4.44. The van der Waals surface area contributed by atoms with E-state index in [4.69, 9.17) is 16.9 Å². The first kappa shape index (κ1) is 12.6. The minimum absolute atomic E-state index is 0.303. The molecule has 0 spiro atoms. The Labute approximate surface area is 109 Å². The molecule has 0 unspecified atom stereocenters. The van der Waals surface area contributed by atoms with Gasteiger partial charge in [-0.25, -0.2) is 4.39 Å². The molecular formula is C13H11ClFN3. The van der Waals surface area contributed by atoms with Crippen LogP contribution in [0.1, 0.15) is 22.5 Å². The van der Waals surface area contributed by atoms with Crippen LogP contribution in [0.25, 0.3) is 0 Å². The zero-order chi connectivity index (χ0) is 13.3. The average molecular weight is 264 g/mol. The minimum Gasteiger partial charge on any atom is -0.264 e. The maximum Gasteiger partial charge on any atom is 0.129 e. The lowest BCUT2D eigenvalue weighted by molar-refractivity contribution is 0.578. The summed E-state index contributed by atoms with van der Waals surface area (Å²) in [6.07, 6.45) is 0. The Morgan fingerprint density at radius 2 is 2.17 bits per heavy atom. The Hall–Kier alpha value is -1.86. The quantitative estimate of drug-likeness (QED) is 0.835. The maximum absolute atomic E-state index is 13.7. The van der Waals surface area contributed by atoms with Crippen LogP contribution in [0.3, 0.4) is 0 Å². The Balaban J connectivity index is 2.35.